The number of carbonyl (C=O) groups excluding carboxylic acids is 3. The lowest BCUT2D eigenvalue weighted by molar-refractivity contribution is -0.134. The van der Waals surface area contributed by atoms with Gasteiger partial charge in [-0.1, -0.05) is 79.4 Å². The molecule has 0 bridgehead atoms. The number of thioether (sulfide) groups is 1. The SMILES string of the molecule is C=C/C=C(\C=C)Sc1cc(-c2cnc([C@@H]3CCCN3C(=O)CNC(=O)OC)[nH]2)ccc1C#Cc1cnc(C2CCCN2C(=O)[C@H](NC)c2ccccc2)[nH]1. The van der Waals surface area contributed by atoms with Crippen molar-refractivity contribution in [2.24, 2.45) is 0 Å². The maximum atomic E-state index is 13.7. The monoisotopic (exact) mass is 744 g/mol. The Morgan fingerprint density at radius 2 is 1.72 bits per heavy atom. The van der Waals surface area contributed by atoms with Gasteiger partial charge in [-0.15, -0.1) is 0 Å². The van der Waals surface area contributed by atoms with Gasteiger partial charge in [0, 0.05) is 34.0 Å². The summed E-state index contributed by atoms with van der Waals surface area (Å²) >= 11 is 1.52. The van der Waals surface area contributed by atoms with E-state index in [1.807, 2.05) is 60.5 Å². The van der Waals surface area contributed by atoms with E-state index in [2.05, 4.69) is 66.4 Å². The van der Waals surface area contributed by atoms with Crippen molar-refractivity contribution in [2.75, 3.05) is 33.8 Å². The third-order valence-corrected chi connectivity index (χ3v) is 10.6. The van der Waals surface area contributed by atoms with Gasteiger partial charge in [-0.05, 0) is 62.4 Å². The van der Waals surface area contributed by atoms with Crippen molar-refractivity contribution in [1.29, 1.82) is 0 Å². The number of H-pyrrole nitrogens is 2. The van der Waals surface area contributed by atoms with Gasteiger partial charge in [0.05, 0.1) is 37.3 Å². The average Bonchev–Trinajstić information content (AvgIpc) is 4.03. The van der Waals surface area contributed by atoms with Crippen LogP contribution >= 0.6 is 11.8 Å². The number of benzene rings is 2. The molecule has 2 saturated heterocycles. The third-order valence-electron chi connectivity index (χ3n) is 9.50. The van der Waals surface area contributed by atoms with E-state index in [0.717, 1.165) is 63.7 Å². The first-order chi connectivity index (χ1) is 26.3. The molecular formula is C41H44N8O4S. The largest absolute Gasteiger partial charge is 0.453 e. The molecule has 2 aliphatic heterocycles. The van der Waals surface area contributed by atoms with Gasteiger partial charge in [-0.25, -0.2) is 14.8 Å². The summed E-state index contributed by atoms with van der Waals surface area (Å²) < 4.78 is 4.60. The summed E-state index contributed by atoms with van der Waals surface area (Å²) in [6.45, 7) is 8.92. The fourth-order valence-electron chi connectivity index (χ4n) is 6.85. The van der Waals surface area contributed by atoms with E-state index in [-0.39, 0.29) is 30.4 Å². The molecule has 2 fully saturated rings. The number of likely N-dealkylation sites (tertiary alicyclic amines) is 2. The number of amides is 3. The maximum absolute atomic E-state index is 13.7. The fourth-order valence-corrected chi connectivity index (χ4v) is 7.77. The molecule has 3 atom stereocenters. The number of imidazole rings is 2. The minimum absolute atomic E-state index is 0.0222. The number of ether oxygens (including phenoxy) is 1. The minimum Gasteiger partial charge on any atom is -0.453 e. The zero-order chi connectivity index (χ0) is 38.0. The Hall–Kier alpha value is -5.84. The van der Waals surface area contributed by atoms with Crippen LogP contribution in [0.2, 0.25) is 0 Å². The van der Waals surface area contributed by atoms with Crippen molar-refractivity contribution in [2.45, 2.75) is 48.7 Å². The van der Waals surface area contributed by atoms with Gasteiger partial charge in [0.1, 0.15) is 29.9 Å². The van der Waals surface area contributed by atoms with Crippen LogP contribution in [-0.4, -0.2) is 81.4 Å². The molecule has 2 aliphatic rings. The zero-order valence-corrected chi connectivity index (χ0v) is 31.2. The first-order valence-electron chi connectivity index (χ1n) is 17.9. The molecule has 0 spiro atoms. The van der Waals surface area contributed by atoms with Crippen molar-refractivity contribution in [3.05, 3.63) is 126 Å². The lowest BCUT2D eigenvalue weighted by Gasteiger charge is -2.28. The number of rotatable bonds is 12. The van der Waals surface area contributed by atoms with Crippen LogP contribution in [0.15, 0.2) is 102 Å². The molecule has 0 radical (unpaired) electrons. The summed E-state index contributed by atoms with van der Waals surface area (Å²) in [5.41, 5.74) is 4.08. The van der Waals surface area contributed by atoms with Gasteiger partial charge >= 0.3 is 6.09 Å². The van der Waals surface area contributed by atoms with E-state index in [0.29, 0.717) is 24.6 Å². The van der Waals surface area contributed by atoms with Crippen LogP contribution in [0.25, 0.3) is 11.3 Å². The molecule has 0 saturated carbocycles. The summed E-state index contributed by atoms with van der Waals surface area (Å²) in [6.07, 6.45) is 11.5. The number of likely N-dealkylation sites (N-methyl/N-ethyl adjacent to an activating group) is 1. The van der Waals surface area contributed by atoms with Crippen LogP contribution in [0.1, 0.15) is 72.3 Å². The molecule has 2 aromatic heterocycles. The second kappa shape index (κ2) is 17.8. The normalized spacial score (nSPS) is 17.4. The highest BCUT2D eigenvalue weighted by molar-refractivity contribution is 8.03. The number of hydrogen-bond acceptors (Lipinski definition) is 8. The van der Waals surface area contributed by atoms with E-state index in [1.54, 1.807) is 29.4 Å². The molecule has 2 aromatic carbocycles. The van der Waals surface area contributed by atoms with Crippen LogP contribution in [0.3, 0.4) is 0 Å². The zero-order valence-electron chi connectivity index (χ0n) is 30.4. The number of allylic oxidation sites excluding steroid dienone is 3. The van der Waals surface area contributed by atoms with Gasteiger partial charge < -0.3 is 35.1 Å². The predicted molar refractivity (Wildman–Crippen MR) is 209 cm³/mol. The van der Waals surface area contributed by atoms with Crippen molar-refractivity contribution in [3.8, 4) is 23.1 Å². The number of carbonyl (C=O) groups is 3. The maximum Gasteiger partial charge on any atom is 0.407 e. The summed E-state index contributed by atoms with van der Waals surface area (Å²) in [7, 11) is 3.07. The molecule has 278 valence electrons. The lowest BCUT2D eigenvalue weighted by atomic mass is 10.1. The molecule has 13 heteroatoms. The topological polar surface area (TPSA) is 148 Å². The van der Waals surface area contributed by atoms with Crippen molar-refractivity contribution >= 4 is 29.7 Å². The van der Waals surface area contributed by atoms with Gasteiger partial charge in [0.2, 0.25) is 11.8 Å². The Bertz CT molecular complexity index is 2100. The molecule has 54 heavy (non-hydrogen) atoms. The molecule has 1 unspecified atom stereocenters. The second-order valence-corrected chi connectivity index (χ2v) is 14.0. The molecule has 6 rings (SSSR count). The number of aromatic amines is 2. The fraction of sp³-hybridized carbons (Fsp3) is 0.293. The van der Waals surface area contributed by atoms with E-state index < -0.39 is 12.1 Å². The smallest absolute Gasteiger partial charge is 0.407 e. The molecule has 4 aromatic rings. The first-order valence-corrected chi connectivity index (χ1v) is 18.7. The van der Waals surface area contributed by atoms with Crippen LogP contribution in [0.5, 0.6) is 0 Å². The Morgan fingerprint density at radius 1 is 1.00 bits per heavy atom. The molecule has 4 heterocycles. The Morgan fingerprint density at radius 3 is 2.44 bits per heavy atom. The van der Waals surface area contributed by atoms with Crippen LogP contribution < -0.4 is 10.6 Å². The van der Waals surface area contributed by atoms with Crippen LogP contribution in [0.4, 0.5) is 4.79 Å². The summed E-state index contributed by atoms with van der Waals surface area (Å²) in [5.74, 6) is 7.82. The molecular weight excluding hydrogens is 701 g/mol. The highest BCUT2D eigenvalue weighted by Crippen LogP contribution is 2.36. The minimum atomic E-state index is -0.649. The molecule has 3 amide bonds. The van der Waals surface area contributed by atoms with Gasteiger partial charge in [0.15, 0.2) is 0 Å². The van der Waals surface area contributed by atoms with E-state index in [9.17, 15) is 14.4 Å². The van der Waals surface area contributed by atoms with Crippen molar-refractivity contribution in [1.82, 2.24) is 40.4 Å². The predicted octanol–water partition coefficient (Wildman–Crippen LogP) is 6.19. The summed E-state index contributed by atoms with van der Waals surface area (Å²) in [4.78, 5) is 59.7. The van der Waals surface area contributed by atoms with Crippen molar-refractivity contribution in [3.63, 3.8) is 0 Å². The standard InChI is InChI=1S/C41H44N8O4S/c1-5-12-31(6-2)54-35-23-29(32-25-44-39(47-32)33-15-10-21-48(33)36(50)26-45-41(52)53-4)18-17-27(35)19-20-30-24-43-38(46-30)34-16-11-22-49(34)40(51)37(42-3)28-13-8-7-9-14-28/h5-9,12-14,17-18,23-25,33-34,37,42H,1-2,10-11,15-16,21-22,26H2,3-4H3,(H,43,46)(H,44,47)(H,45,52)/b31-12+/t33-,34?,37+/m0/s1. The van der Waals surface area contributed by atoms with E-state index in [4.69, 9.17) is 0 Å². The Labute approximate surface area is 319 Å². The highest BCUT2D eigenvalue weighted by atomic mass is 32.2. The van der Waals surface area contributed by atoms with Crippen LogP contribution in [0, 0.1) is 11.8 Å². The summed E-state index contributed by atoms with van der Waals surface area (Å²) in [5, 5.41) is 5.66. The Kier molecular flexibility index (Phi) is 12.5. The Balaban J connectivity index is 1.22. The van der Waals surface area contributed by atoms with E-state index in [1.165, 1.54) is 18.9 Å². The number of methoxy groups -OCH3 is 1. The third kappa shape index (κ3) is 8.68. The number of hydrogen-bond donors (Lipinski definition) is 4. The number of nitrogens with one attached hydrogen (secondary N) is 4. The number of aromatic nitrogens is 4. The highest BCUT2D eigenvalue weighted by Gasteiger charge is 2.36. The van der Waals surface area contributed by atoms with Crippen LogP contribution in [-0.2, 0) is 14.3 Å². The number of nitrogens with zero attached hydrogens (tertiary/aromatic N) is 4. The summed E-state index contributed by atoms with van der Waals surface area (Å²) in [6, 6.07) is 14.9. The molecule has 0 aliphatic carbocycles. The second-order valence-electron chi connectivity index (χ2n) is 12.8. The van der Waals surface area contributed by atoms with Gasteiger partial charge in [-0.3, -0.25) is 9.59 Å². The van der Waals surface area contributed by atoms with Gasteiger partial charge in [0.25, 0.3) is 0 Å². The van der Waals surface area contributed by atoms with E-state index >= 15 is 0 Å². The number of alkyl carbamates (subject to hydrolysis) is 1. The molecule has 12 nitrogen and oxygen atoms in total. The molecule has 4 N–H and O–H groups in total. The average molecular weight is 745 g/mol. The quantitative estimate of drug-likeness (QED) is 0.0763. The lowest BCUT2D eigenvalue weighted by Crippen LogP contribution is -2.40. The van der Waals surface area contributed by atoms with Crippen molar-refractivity contribution < 1.29 is 19.1 Å². The first kappa shape index (κ1) is 37.9. The van der Waals surface area contributed by atoms with Gasteiger partial charge in [-0.2, -0.15) is 0 Å².